The maximum atomic E-state index is 6.06. The van der Waals surface area contributed by atoms with E-state index in [1.807, 2.05) is 18.2 Å². The largest absolute Gasteiger partial charge is 0.347 e. The predicted molar refractivity (Wildman–Crippen MR) is 101 cm³/mol. The van der Waals surface area contributed by atoms with Crippen molar-refractivity contribution in [2.75, 3.05) is 0 Å². The Morgan fingerprint density at radius 2 is 1.96 bits per heavy atom. The van der Waals surface area contributed by atoms with Crippen molar-refractivity contribution in [3.63, 3.8) is 0 Å². The van der Waals surface area contributed by atoms with E-state index in [-0.39, 0.29) is 0 Å². The maximum absolute atomic E-state index is 6.06. The summed E-state index contributed by atoms with van der Waals surface area (Å²) in [6.45, 7) is 3.09. The molecule has 0 spiro atoms. The summed E-state index contributed by atoms with van der Waals surface area (Å²) in [5.41, 5.74) is 4.32. The number of fused-ring (bicyclic) bond motifs is 2. The van der Waals surface area contributed by atoms with Crippen LogP contribution in [0.25, 0.3) is 33.1 Å². The van der Waals surface area contributed by atoms with Crippen molar-refractivity contribution in [3.05, 3.63) is 64.2 Å². The van der Waals surface area contributed by atoms with Crippen LogP contribution in [0.15, 0.2) is 59.2 Å². The lowest BCUT2D eigenvalue weighted by atomic mass is 10.1. The van der Waals surface area contributed by atoms with Gasteiger partial charge >= 0.3 is 0 Å². The number of rotatable bonds is 2. The van der Waals surface area contributed by atoms with Crippen LogP contribution in [0, 0.1) is 0 Å². The molecule has 0 N–H and O–H groups in total. The number of benzene rings is 2. The Labute approximate surface area is 147 Å². The molecule has 0 fully saturated rings. The lowest BCUT2D eigenvalue weighted by molar-refractivity contribution is 0.798. The standard InChI is InChI=1S/C19H14BrClN2/c1-2-23-11-16(15-10-13(20)4-8-19(15)23)18-6-3-12-9-14(21)5-7-17(12)22-18/h3-11H,2H2,1H3. The highest BCUT2D eigenvalue weighted by Crippen LogP contribution is 2.32. The topological polar surface area (TPSA) is 17.8 Å². The molecule has 0 aliphatic heterocycles. The fourth-order valence-corrected chi connectivity index (χ4v) is 3.52. The molecule has 0 atom stereocenters. The summed E-state index contributed by atoms with van der Waals surface area (Å²) < 4.78 is 3.33. The van der Waals surface area contributed by atoms with Crippen molar-refractivity contribution in [3.8, 4) is 11.3 Å². The molecule has 0 radical (unpaired) electrons. The smallest absolute Gasteiger partial charge is 0.0731 e. The van der Waals surface area contributed by atoms with Crippen LogP contribution in [0.4, 0.5) is 0 Å². The van der Waals surface area contributed by atoms with Gasteiger partial charge in [-0.1, -0.05) is 33.6 Å². The highest BCUT2D eigenvalue weighted by atomic mass is 79.9. The molecule has 114 valence electrons. The minimum Gasteiger partial charge on any atom is -0.347 e. The van der Waals surface area contributed by atoms with Crippen molar-refractivity contribution in [1.29, 1.82) is 0 Å². The van der Waals surface area contributed by atoms with Crippen LogP contribution in [0.1, 0.15) is 6.92 Å². The van der Waals surface area contributed by atoms with Gasteiger partial charge in [0, 0.05) is 44.1 Å². The first-order valence-corrected chi connectivity index (χ1v) is 8.68. The molecule has 0 unspecified atom stereocenters. The van der Waals surface area contributed by atoms with Gasteiger partial charge in [0.05, 0.1) is 11.2 Å². The molecule has 0 saturated carbocycles. The van der Waals surface area contributed by atoms with E-state index >= 15 is 0 Å². The first kappa shape index (κ1) is 14.7. The van der Waals surface area contributed by atoms with E-state index in [0.29, 0.717) is 0 Å². The minimum absolute atomic E-state index is 0.735. The Bertz CT molecular complexity index is 1040. The van der Waals surface area contributed by atoms with Crippen molar-refractivity contribution in [2.45, 2.75) is 13.5 Å². The van der Waals surface area contributed by atoms with Gasteiger partial charge in [-0.25, -0.2) is 4.98 Å². The number of hydrogen-bond donors (Lipinski definition) is 0. The van der Waals surface area contributed by atoms with Gasteiger partial charge in [0.2, 0.25) is 0 Å². The molecule has 2 aromatic heterocycles. The Morgan fingerprint density at radius 3 is 2.78 bits per heavy atom. The minimum atomic E-state index is 0.735. The molecule has 4 aromatic rings. The SMILES string of the molecule is CCn1cc(-c2ccc3cc(Cl)ccc3n2)c2cc(Br)ccc21. The Balaban J connectivity index is 1.98. The van der Waals surface area contributed by atoms with E-state index in [4.69, 9.17) is 16.6 Å². The lowest BCUT2D eigenvalue weighted by Gasteiger charge is -2.03. The molecular formula is C19H14BrClN2. The van der Waals surface area contributed by atoms with Gasteiger partial charge in [-0.3, -0.25) is 0 Å². The summed E-state index contributed by atoms with van der Waals surface area (Å²) in [6.07, 6.45) is 2.18. The van der Waals surface area contributed by atoms with Crippen molar-refractivity contribution in [1.82, 2.24) is 9.55 Å². The van der Waals surface area contributed by atoms with Crippen LogP contribution in [-0.4, -0.2) is 9.55 Å². The zero-order chi connectivity index (χ0) is 16.0. The average molecular weight is 386 g/mol. The van der Waals surface area contributed by atoms with Gasteiger partial charge in [-0.15, -0.1) is 0 Å². The molecular weight excluding hydrogens is 372 g/mol. The molecule has 0 aliphatic rings. The van der Waals surface area contributed by atoms with Crippen LogP contribution in [-0.2, 0) is 6.54 Å². The van der Waals surface area contributed by atoms with Crippen molar-refractivity contribution >= 4 is 49.3 Å². The quantitative estimate of drug-likeness (QED) is 0.396. The molecule has 0 aliphatic carbocycles. The Morgan fingerprint density at radius 1 is 1.09 bits per heavy atom. The summed E-state index contributed by atoms with van der Waals surface area (Å²) in [5.74, 6) is 0. The number of pyridine rings is 1. The second-order valence-corrected chi connectivity index (χ2v) is 6.88. The molecule has 0 saturated heterocycles. The zero-order valence-electron chi connectivity index (χ0n) is 12.6. The molecule has 2 nitrogen and oxygen atoms in total. The van der Waals surface area contributed by atoms with Crippen LogP contribution >= 0.6 is 27.5 Å². The molecule has 2 aromatic carbocycles. The molecule has 0 amide bonds. The van der Waals surface area contributed by atoms with Gasteiger partial charge < -0.3 is 4.57 Å². The number of halogens is 2. The third-order valence-electron chi connectivity index (χ3n) is 4.11. The van der Waals surface area contributed by atoms with Crippen LogP contribution in [0.2, 0.25) is 5.02 Å². The predicted octanol–water partition coefficient (Wildman–Crippen LogP) is 6.29. The highest BCUT2D eigenvalue weighted by Gasteiger charge is 2.12. The highest BCUT2D eigenvalue weighted by molar-refractivity contribution is 9.10. The van der Waals surface area contributed by atoms with E-state index in [1.54, 1.807) is 0 Å². The van der Waals surface area contributed by atoms with Crippen LogP contribution in [0.3, 0.4) is 0 Å². The Kier molecular flexibility index (Phi) is 3.63. The molecule has 4 heteroatoms. The molecule has 2 heterocycles. The van der Waals surface area contributed by atoms with Crippen molar-refractivity contribution in [2.24, 2.45) is 0 Å². The van der Waals surface area contributed by atoms with Gasteiger partial charge in [0.1, 0.15) is 0 Å². The second-order valence-electron chi connectivity index (χ2n) is 5.52. The second kappa shape index (κ2) is 5.66. The first-order valence-electron chi connectivity index (χ1n) is 7.51. The molecule has 4 rings (SSSR count). The van der Waals surface area contributed by atoms with E-state index in [0.717, 1.165) is 38.2 Å². The summed E-state index contributed by atoms with van der Waals surface area (Å²) in [6, 6.07) is 16.3. The maximum Gasteiger partial charge on any atom is 0.0731 e. The number of aromatic nitrogens is 2. The van der Waals surface area contributed by atoms with Gasteiger partial charge in [-0.05, 0) is 49.4 Å². The van der Waals surface area contributed by atoms with Crippen molar-refractivity contribution < 1.29 is 0 Å². The summed E-state index contributed by atoms with van der Waals surface area (Å²) in [7, 11) is 0. The average Bonchev–Trinajstić information content (AvgIpc) is 2.92. The fraction of sp³-hybridized carbons (Fsp3) is 0.105. The summed E-state index contributed by atoms with van der Waals surface area (Å²) in [5, 5.41) is 3.00. The Hall–Kier alpha value is -1.84. The normalized spacial score (nSPS) is 11.4. The van der Waals surface area contributed by atoms with Crippen LogP contribution < -0.4 is 0 Å². The molecule has 0 bridgehead atoms. The first-order chi connectivity index (χ1) is 11.2. The zero-order valence-corrected chi connectivity index (χ0v) is 14.9. The number of nitrogens with zero attached hydrogens (tertiary/aromatic N) is 2. The van der Waals surface area contributed by atoms with E-state index in [9.17, 15) is 0 Å². The summed E-state index contributed by atoms with van der Waals surface area (Å²) >= 11 is 9.63. The fourth-order valence-electron chi connectivity index (χ4n) is 2.98. The summed E-state index contributed by atoms with van der Waals surface area (Å²) in [4.78, 5) is 4.83. The number of hydrogen-bond acceptors (Lipinski definition) is 1. The lowest BCUT2D eigenvalue weighted by Crippen LogP contribution is -1.90. The van der Waals surface area contributed by atoms with Gasteiger partial charge in [0.25, 0.3) is 0 Å². The van der Waals surface area contributed by atoms with Gasteiger partial charge in [0.15, 0.2) is 0 Å². The third-order valence-corrected chi connectivity index (χ3v) is 4.84. The third kappa shape index (κ3) is 2.54. The monoisotopic (exact) mass is 384 g/mol. The van der Waals surface area contributed by atoms with Gasteiger partial charge in [-0.2, -0.15) is 0 Å². The van der Waals surface area contributed by atoms with E-state index in [1.165, 1.54) is 10.9 Å². The van der Waals surface area contributed by atoms with E-state index in [2.05, 4.69) is 63.9 Å². The number of aryl methyl sites for hydroxylation is 1. The van der Waals surface area contributed by atoms with E-state index < -0.39 is 0 Å². The molecule has 23 heavy (non-hydrogen) atoms. The van der Waals surface area contributed by atoms with Crippen LogP contribution in [0.5, 0.6) is 0 Å².